The minimum Gasteiger partial charge on any atom is -0.497 e. The van der Waals surface area contributed by atoms with Crippen molar-refractivity contribution in [2.75, 3.05) is 20.3 Å². The Balaban J connectivity index is 1.47. The molecule has 7 nitrogen and oxygen atoms in total. The van der Waals surface area contributed by atoms with Crippen LogP contribution in [0, 0.1) is 11.8 Å². The number of aliphatic hydroxyl groups excluding tert-OH is 1. The van der Waals surface area contributed by atoms with Crippen LogP contribution in [-0.2, 0) is 23.7 Å². The molecule has 25 heavy (non-hydrogen) atoms. The van der Waals surface area contributed by atoms with Crippen molar-refractivity contribution in [3.05, 3.63) is 29.8 Å². The lowest BCUT2D eigenvalue weighted by Gasteiger charge is -2.41. The number of aliphatic hydroxyl groups is 1. The summed E-state index contributed by atoms with van der Waals surface area (Å²) in [5.74, 6) is -0.305. The highest BCUT2D eigenvalue weighted by Gasteiger charge is 2.67. The first kappa shape index (κ1) is 16.8. The van der Waals surface area contributed by atoms with Gasteiger partial charge in [0.2, 0.25) is 0 Å². The molecule has 0 spiro atoms. The molecule has 1 saturated carbocycles. The fraction of sp³-hybridized carbons (Fsp3) is 0.611. The number of carbonyl (C=O) groups is 1. The zero-order valence-electron chi connectivity index (χ0n) is 14.2. The number of hydrogen-bond acceptors (Lipinski definition) is 7. The molecule has 136 valence electrons. The van der Waals surface area contributed by atoms with Gasteiger partial charge in [-0.2, -0.15) is 0 Å². The lowest BCUT2D eigenvalue weighted by molar-refractivity contribution is -0.300. The van der Waals surface area contributed by atoms with Gasteiger partial charge in [-0.05, 0) is 19.1 Å². The van der Waals surface area contributed by atoms with Gasteiger partial charge in [-0.25, -0.2) is 0 Å². The maximum atomic E-state index is 12.0. The Bertz CT molecular complexity index is 648. The van der Waals surface area contributed by atoms with Crippen molar-refractivity contribution < 1.29 is 33.6 Å². The highest BCUT2D eigenvalue weighted by Crippen LogP contribution is 2.52. The van der Waals surface area contributed by atoms with Crippen LogP contribution in [0.5, 0.6) is 5.75 Å². The standard InChI is InChI=1S/C18H22O7/c1-3-22-17(20)13-12-14(19)15-11(24-16(12)13)8-23-18(25-15)9-5-4-6-10(7-9)21-2/h4-7,11-16,18-19H,3,8H2,1-2H3/t11-,12?,13?,14-,15-,16?,18?/m1/s1. The maximum absolute atomic E-state index is 12.0. The molecule has 1 aliphatic carbocycles. The summed E-state index contributed by atoms with van der Waals surface area (Å²) in [6.45, 7) is 2.37. The van der Waals surface area contributed by atoms with Gasteiger partial charge in [0.25, 0.3) is 0 Å². The molecule has 1 aromatic rings. The summed E-state index contributed by atoms with van der Waals surface area (Å²) in [4.78, 5) is 12.0. The van der Waals surface area contributed by atoms with E-state index < -0.39 is 30.5 Å². The molecule has 0 aromatic heterocycles. The predicted molar refractivity (Wildman–Crippen MR) is 84.8 cm³/mol. The van der Waals surface area contributed by atoms with E-state index in [2.05, 4.69) is 0 Å². The van der Waals surface area contributed by atoms with Crippen LogP contribution in [0.15, 0.2) is 24.3 Å². The van der Waals surface area contributed by atoms with E-state index in [1.54, 1.807) is 14.0 Å². The Kier molecular flexibility index (Phi) is 4.41. The van der Waals surface area contributed by atoms with Crippen LogP contribution in [-0.4, -0.2) is 55.8 Å². The van der Waals surface area contributed by atoms with Gasteiger partial charge in [0.05, 0.1) is 38.4 Å². The zero-order valence-corrected chi connectivity index (χ0v) is 14.2. The van der Waals surface area contributed by atoms with Crippen LogP contribution in [0.4, 0.5) is 0 Å². The molecule has 4 unspecified atom stereocenters. The van der Waals surface area contributed by atoms with Crippen molar-refractivity contribution in [1.82, 2.24) is 0 Å². The third-order valence-corrected chi connectivity index (χ3v) is 5.05. The fourth-order valence-electron chi connectivity index (χ4n) is 3.76. The average molecular weight is 350 g/mol. The highest BCUT2D eigenvalue weighted by atomic mass is 16.7. The molecule has 7 atom stereocenters. The third kappa shape index (κ3) is 2.91. The first-order valence-corrected chi connectivity index (χ1v) is 8.55. The minimum atomic E-state index is -0.782. The van der Waals surface area contributed by atoms with Crippen molar-refractivity contribution >= 4 is 5.97 Å². The normalized spacial score (nSPS) is 39.1. The topological polar surface area (TPSA) is 83.5 Å². The van der Waals surface area contributed by atoms with Crippen LogP contribution in [0.1, 0.15) is 18.8 Å². The van der Waals surface area contributed by atoms with Gasteiger partial charge < -0.3 is 28.8 Å². The Hall–Kier alpha value is -1.67. The van der Waals surface area contributed by atoms with Crippen molar-refractivity contribution in [2.24, 2.45) is 11.8 Å². The third-order valence-electron chi connectivity index (χ3n) is 5.05. The molecule has 2 heterocycles. The Morgan fingerprint density at radius 2 is 2.16 bits per heavy atom. The van der Waals surface area contributed by atoms with Crippen molar-refractivity contribution in [3.8, 4) is 5.75 Å². The summed E-state index contributed by atoms with van der Waals surface area (Å²) in [6, 6.07) is 7.41. The molecule has 0 amide bonds. The second-order valence-electron chi connectivity index (χ2n) is 6.53. The van der Waals surface area contributed by atoms with Crippen molar-refractivity contribution in [3.63, 3.8) is 0 Å². The quantitative estimate of drug-likeness (QED) is 0.813. The number of ether oxygens (including phenoxy) is 5. The number of hydrogen-bond donors (Lipinski definition) is 1. The first-order valence-electron chi connectivity index (χ1n) is 8.55. The first-order chi connectivity index (χ1) is 12.1. The van der Waals surface area contributed by atoms with Crippen LogP contribution in [0.3, 0.4) is 0 Å². The van der Waals surface area contributed by atoms with Crippen LogP contribution < -0.4 is 4.74 Å². The van der Waals surface area contributed by atoms with E-state index >= 15 is 0 Å². The van der Waals surface area contributed by atoms with E-state index in [0.717, 1.165) is 5.56 Å². The fourth-order valence-corrected chi connectivity index (χ4v) is 3.76. The molecule has 1 aromatic carbocycles. The Morgan fingerprint density at radius 3 is 2.92 bits per heavy atom. The molecule has 7 heteroatoms. The largest absolute Gasteiger partial charge is 0.497 e. The number of benzene rings is 1. The second kappa shape index (κ2) is 6.57. The summed E-state index contributed by atoms with van der Waals surface area (Å²) in [5, 5.41) is 10.7. The SMILES string of the molecule is CCOC(=O)C1C2O[C@@H]3COC(c4cccc(OC)c4)O[C@H]3[C@H](O)C21. The molecule has 0 radical (unpaired) electrons. The molecule has 1 N–H and O–H groups in total. The second-order valence-corrected chi connectivity index (χ2v) is 6.53. The summed E-state index contributed by atoms with van der Waals surface area (Å²) < 4.78 is 27.9. The average Bonchev–Trinajstić information content (AvgIpc) is 3.36. The van der Waals surface area contributed by atoms with Gasteiger partial charge in [-0.1, -0.05) is 12.1 Å². The molecule has 3 fully saturated rings. The highest BCUT2D eigenvalue weighted by molar-refractivity contribution is 5.77. The monoisotopic (exact) mass is 350 g/mol. The number of esters is 1. The number of methoxy groups -OCH3 is 1. The van der Waals surface area contributed by atoms with Crippen LogP contribution in [0.2, 0.25) is 0 Å². The molecule has 2 saturated heterocycles. The summed E-state index contributed by atoms with van der Waals surface area (Å²) >= 11 is 0. The molecule has 0 bridgehead atoms. The molecule has 4 rings (SSSR count). The zero-order chi connectivity index (χ0) is 17.6. The van der Waals surface area contributed by atoms with Gasteiger partial charge in [0.15, 0.2) is 6.29 Å². The lowest BCUT2D eigenvalue weighted by atomic mass is 9.99. The van der Waals surface area contributed by atoms with E-state index in [-0.39, 0.29) is 18.0 Å². The summed E-state index contributed by atoms with van der Waals surface area (Å²) in [6.07, 6.45) is -2.62. The Morgan fingerprint density at radius 1 is 1.32 bits per heavy atom. The van der Waals surface area contributed by atoms with Gasteiger partial charge in [0.1, 0.15) is 18.0 Å². The van der Waals surface area contributed by atoms with Crippen molar-refractivity contribution in [1.29, 1.82) is 0 Å². The Labute approximate surface area is 145 Å². The number of rotatable bonds is 4. The van der Waals surface area contributed by atoms with Crippen LogP contribution in [0.25, 0.3) is 0 Å². The number of carbonyl (C=O) groups excluding carboxylic acids is 1. The van der Waals surface area contributed by atoms with Gasteiger partial charge in [-0.15, -0.1) is 0 Å². The molecule has 2 aliphatic heterocycles. The van der Waals surface area contributed by atoms with E-state index in [1.165, 1.54) is 0 Å². The van der Waals surface area contributed by atoms with Crippen LogP contribution >= 0.6 is 0 Å². The van der Waals surface area contributed by atoms with E-state index in [9.17, 15) is 9.90 Å². The summed E-state index contributed by atoms with van der Waals surface area (Å²) in [7, 11) is 1.60. The van der Waals surface area contributed by atoms with E-state index in [1.807, 2.05) is 24.3 Å². The number of fused-ring (bicyclic) bond motifs is 2. The van der Waals surface area contributed by atoms with Crippen molar-refractivity contribution in [2.45, 2.75) is 37.6 Å². The smallest absolute Gasteiger partial charge is 0.312 e. The lowest BCUT2D eigenvalue weighted by Crippen LogP contribution is -2.53. The van der Waals surface area contributed by atoms with Gasteiger partial charge >= 0.3 is 5.97 Å². The molecule has 3 aliphatic rings. The predicted octanol–water partition coefficient (Wildman–Crippen LogP) is 1.05. The maximum Gasteiger partial charge on any atom is 0.312 e. The van der Waals surface area contributed by atoms with E-state index in [0.29, 0.717) is 19.0 Å². The minimum absolute atomic E-state index is 0.274. The van der Waals surface area contributed by atoms with E-state index in [4.69, 9.17) is 23.7 Å². The molecular formula is C18H22O7. The van der Waals surface area contributed by atoms with Gasteiger partial charge in [-0.3, -0.25) is 4.79 Å². The molecular weight excluding hydrogens is 328 g/mol. The summed E-state index contributed by atoms with van der Waals surface area (Å²) in [5.41, 5.74) is 0.810. The van der Waals surface area contributed by atoms with Gasteiger partial charge in [0, 0.05) is 11.5 Å².